The van der Waals surface area contributed by atoms with E-state index in [9.17, 15) is 13.2 Å². The largest absolute Gasteiger partial charge is 0.291 e. The Morgan fingerprint density at radius 1 is 0.957 bits per heavy atom. The van der Waals surface area contributed by atoms with Gasteiger partial charge >= 0.3 is 0 Å². The van der Waals surface area contributed by atoms with E-state index in [2.05, 4.69) is 0 Å². The number of aryl methyl sites for hydroxylation is 2. The Labute approximate surface area is 135 Å². The summed E-state index contributed by atoms with van der Waals surface area (Å²) < 4.78 is 27.7. The average Bonchev–Trinajstić information content (AvgIpc) is 3.25. The smallest absolute Gasteiger partial charge is 0.265 e. The molecule has 4 rings (SSSR count). The zero-order valence-corrected chi connectivity index (χ0v) is 13.9. The van der Waals surface area contributed by atoms with Crippen molar-refractivity contribution in [3.63, 3.8) is 0 Å². The third-order valence-electron chi connectivity index (χ3n) is 4.71. The number of carbonyl (C=O) groups is 1. The fourth-order valence-corrected chi connectivity index (χ4v) is 5.14. The number of carbonyl (C=O) groups excluding carboxylic acids is 1. The third-order valence-corrected chi connectivity index (χ3v) is 6.60. The lowest BCUT2D eigenvalue weighted by Crippen LogP contribution is -2.42. The van der Waals surface area contributed by atoms with Crippen molar-refractivity contribution in [3.8, 4) is 0 Å². The summed E-state index contributed by atoms with van der Waals surface area (Å²) in [6, 6.07) is 12.2. The van der Waals surface area contributed by atoms with E-state index in [1.54, 1.807) is 36.4 Å². The number of hydrogen-bond acceptors (Lipinski definition) is 3. The molecule has 0 unspecified atom stereocenters. The molecule has 4 nitrogen and oxygen atoms in total. The maximum atomic E-state index is 13.2. The molecule has 2 aromatic carbocycles. The highest BCUT2D eigenvalue weighted by atomic mass is 32.2. The van der Waals surface area contributed by atoms with E-state index < -0.39 is 15.6 Å². The van der Waals surface area contributed by atoms with Gasteiger partial charge in [-0.1, -0.05) is 29.3 Å². The number of benzene rings is 2. The lowest BCUT2D eigenvalue weighted by molar-refractivity contribution is 0.0964. The normalized spacial score (nSPS) is 18.3. The lowest BCUT2D eigenvalue weighted by Gasteiger charge is -2.25. The maximum absolute atomic E-state index is 13.2. The Hall–Kier alpha value is -2.14. The molecule has 1 fully saturated rings. The number of Topliss-reactive ketones (excluding diaryl/α,β-unsaturated/α-hetero) is 1. The number of anilines is 1. The van der Waals surface area contributed by atoms with Crippen LogP contribution in [0.1, 0.15) is 34.3 Å². The summed E-state index contributed by atoms with van der Waals surface area (Å²) >= 11 is 0. The Kier molecular flexibility index (Phi) is 2.79. The topological polar surface area (TPSA) is 54.5 Å². The van der Waals surface area contributed by atoms with Crippen molar-refractivity contribution in [2.45, 2.75) is 37.1 Å². The second-order valence-electron chi connectivity index (χ2n) is 6.46. The quantitative estimate of drug-likeness (QED) is 0.851. The molecule has 0 amide bonds. The van der Waals surface area contributed by atoms with Crippen LogP contribution in [0.25, 0.3) is 0 Å². The Morgan fingerprint density at radius 2 is 1.57 bits per heavy atom. The Morgan fingerprint density at radius 3 is 2.17 bits per heavy atom. The molecule has 2 aliphatic rings. The Balaban J connectivity index is 1.92. The molecule has 0 bridgehead atoms. The molecule has 1 heterocycles. The van der Waals surface area contributed by atoms with Crippen molar-refractivity contribution in [2.24, 2.45) is 0 Å². The van der Waals surface area contributed by atoms with Crippen LogP contribution in [0.4, 0.5) is 5.69 Å². The summed E-state index contributed by atoms with van der Waals surface area (Å²) in [6.07, 6.45) is 1.18. The fourth-order valence-electron chi connectivity index (χ4n) is 3.31. The first-order chi connectivity index (χ1) is 10.9. The molecule has 0 saturated heterocycles. The van der Waals surface area contributed by atoms with Gasteiger partial charge < -0.3 is 0 Å². The molecule has 1 spiro atoms. The number of ketones is 1. The monoisotopic (exact) mass is 327 g/mol. The SMILES string of the molecule is Cc1ccc(S(=O)(=O)N2c3ccc(C)cc3C(=O)C23CC3)cc1. The van der Waals surface area contributed by atoms with E-state index in [4.69, 9.17) is 0 Å². The van der Waals surface area contributed by atoms with Crippen molar-refractivity contribution in [3.05, 3.63) is 59.2 Å². The summed E-state index contributed by atoms with van der Waals surface area (Å²) in [5, 5.41) is 0. The van der Waals surface area contributed by atoms with Crippen molar-refractivity contribution in [1.82, 2.24) is 0 Å². The second kappa shape index (κ2) is 4.45. The van der Waals surface area contributed by atoms with Gasteiger partial charge in [0.15, 0.2) is 5.78 Å². The van der Waals surface area contributed by atoms with Crippen LogP contribution >= 0.6 is 0 Å². The molecule has 0 radical (unpaired) electrons. The van der Waals surface area contributed by atoms with Gasteiger partial charge in [0.2, 0.25) is 0 Å². The lowest BCUT2D eigenvalue weighted by atomic mass is 10.1. The molecule has 23 heavy (non-hydrogen) atoms. The minimum absolute atomic E-state index is 0.0631. The van der Waals surface area contributed by atoms with E-state index in [1.165, 1.54) is 4.31 Å². The second-order valence-corrected chi connectivity index (χ2v) is 8.25. The molecule has 0 N–H and O–H groups in total. The first-order valence-electron chi connectivity index (χ1n) is 7.64. The average molecular weight is 327 g/mol. The minimum atomic E-state index is -3.75. The van der Waals surface area contributed by atoms with Gasteiger partial charge in [0.05, 0.1) is 10.6 Å². The summed E-state index contributed by atoms with van der Waals surface area (Å²) in [5.41, 5.74) is 2.11. The summed E-state index contributed by atoms with van der Waals surface area (Å²) in [5.74, 6) is -0.0631. The molecule has 0 aromatic heterocycles. The van der Waals surface area contributed by atoms with Gasteiger partial charge in [-0.15, -0.1) is 0 Å². The molecule has 1 aliphatic heterocycles. The van der Waals surface area contributed by atoms with Crippen molar-refractivity contribution >= 4 is 21.5 Å². The van der Waals surface area contributed by atoms with Gasteiger partial charge in [0.25, 0.3) is 10.0 Å². The predicted molar refractivity (Wildman–Crippen MR) is 88.3 cm³/mol. The predicted octanol–water partition coefficient (Wildman–Crippen LogP) is 3.23. The van der Waals surface area contributed by atoms with E-state index in [-0.39, 0.29) is 10.7 Å². The van der Waals surface area contributed by atoms with Crippen LogP contribution in [0.15, 0.2) is 47.4 Å². The molecular formula is C18H17NO3S. The summed E-state index contributed by atoms with van der Waals surface area (Å²) in [4.78, 5) is 13.0. The number of nitrogens with zero attached hydrogens (tertiary/aromatic N) is 1. The van der Waals surface area contributed by atoms with Gasteiger partial charge in [0, 0.05) is 5.56 Å². The summed E-state index contributed by atoms with van der Waals surface area (Å²) in [6.45, 7) is 3.82. The first-order valence-corrected chi connectivity index (χ1v) is 9.08. The van der Waals surface area contributed by atoms with Gasteiger partial charge in [-0.05, 0) is 51.0 Å². The van der Waals surface area contributed by atoms with Gasteiger partial charge in [-0.25, -0.2) is 8.42 Å². The van der Waals surface area contributed by atoms with Crippen LogP contribution in [0.2, 0.25) is 0 Å². The standard InChI is InChI=1S/C18H17NO3S/c1-12-3-6-14(7-4-12)23(21,22)19-16-8-5-13(2)11-15(16)17(20)18(19)9-10-18/h3-8,11H,9-10H2,1-2H3. The van der Waals surface area contributed by atoms with E-state index in [1.807, 2.05) is 19.9 Å². The van der Waals surface area contributed by atoms with Crippen molar-refractivity contribution < 1.29 is 13.2 Å². The minimum Gasteiger partial charge on any atom is -0.291 e. The van der Waals surface area contributed by atoms with Crippen LogP contribution in [-0.2, 0) is 10.0 Å². The fraction of sp³-hybridized carbons (Fsp3) is 0.278. The molecule has 5 heteroatoms. The van der Waals surface area contributed by atoms with Gasteiger partial charge in [-0.3, -0.25) is 9.10 Å². The molecule has 1 aliphatic carbocycles. The summed E-state index contributed by atoms with van der Waals surface area (Å²) in [7, 11) is -3.75. The highest BCUT2D eigenvalue weighted by Crippen LogP contribution is 2.55. The number of rotatable bonds is 2. The zero-order chi connectivity index (χ0) is 16.4. The van der Waals surface area contributed by atoms with Crippen molar-refractivity contribution in [1.29, 1.82) is 0 Å². The van der Waals surface area contributed by atoms with Crippen LogP contribution in [0.3, 0.4) is 0 Å². The van der Waals surface area contributed by atoms with E-state index in [0.29, 0.717) is 24.1 Å². The molecular weight excluding hydrogens is 310 g/mol. The van der Waals surface area contributed by atoms with E-state index >= 15 is 0 Å². The van der Waals surface area contributed by atoms with Gasteiger partial charge in [0.1, 0.15) is 5.54 Å². The highest BCUT2D eigenvalue weighted by molar-refractivity contribution is 7.93. The third kappa shape index (κ3) is 1.89. The van der Waals surface area contributed by atoms with E-state index in [0.717, 1.165) is 11.1 Å². The zero-order valence-electron chi connectivity index (χ0n) is 13.0. The first kappa shape index (κ1) is 14.5. The van der Waals surface area contributed by atoms with Crippen LogP contribution in [0.5, 0.6) is 0 Å². The van der Waals surface area contributed by atoms with Crippen LogP contribution in [0, 0.1) is 13.8 Å². The molecule has 1 saturated carbocycles. The Bertz CT molecular complexity index is 925. The number of fused-ring (bicyclic) bond motifs is 1. The van der Waals surface area contributed by atoms with Crippen LogP contribution in [-0.4, -0.2) is 19.7 Å². The maximum Gasteiger partial charge on any atom is 0.265 e. The highest BCUT2D eigenvalue weighted by Gasteiger charge is 2.63. The molecule has 2 aromatic rings. The van der Waals surface area contributed by atoms with Crippen LogP contribution < -0.4 is 4.31 Å². The number of hydrogen-bond donors (Lipinski definition) is 0. The number of sulfonamides is 1. The van der Waals surface area contributed by atoms with Crippen molar-refractivity contribution in [2.75, 3.05) is 4.31 Å². The molecule has 0 atom stereocenters. The molecule has 118 valence electrons. The van der Waals surface area contributed by atoms with Gasteiger partial charge in [-0.2, -0.15) is 0 Å².